The van der Waals surface area contributed by atoms with Gasteiger partial charge in [-0.25, -0.2) is 9.48 Å². The molecule has 0 aliphatic heterocycles. The Balaban J connectivity index is 1.68. The number of urea groups is 1. The van der Waals surface area contributed by atoms with Gasteiger partial charge in [0.25, 0.3) is 0 Å². The molecule has 1 aromatic heterocycles. The number of aliphatic hydroxyl groups excluding tert-OH is 1. The van der Waals surface area contributed by atoms with Crippen molar-refractivity contribution in [3.63, 3.8) is 0 Å². The number of anilines is 1. The molecule has 1 fully saturated rings. The van der Waals surface area contributed by atoms with Gasteiger partial charge in [-0.15, -0.1) is 0 Å². The van der Waals surface area contributed by atoms with E-state index < -0.39 is 5.54 Å². The number of carbonyl (C=O) groups excluding carboxylic acids is 1. The highest BCUT2D eigenvalue weighted by atomic mass is 35.5. The predicted octanol–water partition coefficient (Wildman–Crippen LogP) is 2.81. The van der Waals surface area contributed by atoms with Crippen molar-refractivity contribution in [3.05, 3.63) is 41.7 Å². The molecular formula is C16H19ClN4O2. The van der Waals surface area contributed by atoms with E-state index in [1.165, 1.54) is 0 Å². The van der Waals surface area contributed by atoms with Crippen LogP contribution in [0.5, 0.6) is 0 Å². The molecule has 0 bridgehead atoms. The minimum atomic E-state index is -0.580. The van der Waals surface area contributed by atoms with E-state index >= 15 is 0 Å². The lowest BCUT2D eigenvalue weighted by Crippen LogP contribution is -2.52. The zero-order chi connectivity index (χ0) is 16.4. The van der Waals surface area contributed by atoms with Gasteiger partial charge in [0.2, 0.25) is 0 Å². The number of hydrogen-bond donors (Lipinski definition) is 3. The van der Waals surface area contributed by atoms with Crippen molar-refractivity contribution in [2.75, 3.05) is 11.9 Å². The summed E-state index contributed by atoms with van der Waals surface area (Å²) in [6.45, 7) is 1.78. The molecule has 0 radical (unpaired) electrons. The van der Waals surface area contributed by atoms with Crippen molar-refractivity contribution in [3.8, 4) is 5.69 Å². The highest BCUT2D eigenvalue weighted by Gasteiger charge is 2.42. The van der Waals surface area contributed by atoms with Crippen LogP contribution in [0.2, 0.25) is 5.02 Å². The van der Waals surface area contributed by atoms with Crippen LogP contribution < -0.4 is 10.6 Å². The molecule has 1 saturated carbocycles. The van der Waals surface area contributed by atoms with E-state index in [1.807, 2.05) is 13.0 Å². The van der Waals surface area contributed by atoms with Crippen LogP contribution in [-0.4, -0.2) is 33.1 Å². The van der Waals surface area contributed by atoms with Crippen LogP contribution in [-0.2, 0) is 0 Å². The van der Waals surface area contributed by atoms with Gasteiger partial charge in [-0.05, 0) is 49.9 Å². The van der Waals surface area contributed by atoms with E-state index in [9.17, 15) is 9.90 Å². The van der Waals surface area contributed by atoms with Crippen molar-refractivity contribution >= 4 is 23.3 Å². The van der Waals surface area contributed by atoms with Gasteiger partial charge in [-0.2, -0.15) is 5.10 Å². The van der Waals surface area contributed by atoms with Crippen LogP contribution in [0.25, 0.3) is 5.69 Å². The van der Waals surface area contributed by atoms with Crippen LogP contribution in [0.1, 0.15) is 19.8 Å². The second-order valence-corrected chi connectivity index (χ2v) is 6.45. The molecule has 122 valence electrons. The zero-order valence-electron chi connectivity index (χ0n) is 12.8. The van der Waals surface area contributed by atoms with Gasteiger partial charge in [-0.3, -0.25) is 0 Å². The standard InChI is InChI=1S/C16H19ClN4O2/c1-16(10-22,11-3-4-11)20-15(23)19-12-5-6-14(13(17)9-12)21-8-2-7-18-21/h2,5-9,11,22H,3-4,10H2,1H3,(H2,19,20,23). The normalized spacial score (nSPS) is 16.7. The van der Waals surface area contributed by atoms with Crippen molar-refractivity contribution < 1.29 is 9.90 Å². The van der Waals surface area contributed by atoms with Crippen LogP contribution in [0, 0.1) is 5.92 Å². The van der Waals surface area contributed by atoms with Gasteiger partial charge in [0.1, 0.15) is 0 Å². The number of hydrogen-bond acceptors (Lipinski definition) is 3. The molecule has 1 unspecified atom stereocenters. The minimum absolute atomic E-state index is 0.0793. The summed E-state index contributed by atoms with van der Waals surface area (Å²) in [4.78, 5) is 12.2. The number of benzene rings is 1. The summed E-state index contributed by atoms with van der Waals surface area (Å²) < 4.78 is 1.65. The van der Waals surface area contributed by atoms with Crippen molar-refractivity contribution in [2.45, 2.75) is 25.3 Å². The molecule has 3 N–H and O–H groups in total. The van der Waals surface area contributed by atoms with Gasteiger partial charge in [-0.1, -0.05) is 11.6 Å². The van der Waals surface area contributed by atoms with Gasteiger partial charge in [0.15, 0.2) is 0 Å². The van der Waals surface area contributed by atoms with E-state index in [0.717, 1.165) is 18.5 Å². The quantitative estimate of drug-likeness (QED) is 0.786. The minimum Gasteiger partial charge on any atom is -0.394 e. The fourth-order valence-electron chi connectivity index (χ4n) is 2.59. The van der Waals surface area contributed by atoms with E-state index in [4.69, 9.17) is 11.6 Å². The van der Waals surface area contributed by atoms with Gasteiger partial charge in [0, 0.05) is 18.1 Å². The van der Waals surface area contributed by atoms with E-state index in [0.29, 0.717) is 16.6 Å². The lowest BCUT2D eigenvalue weighted by atomic mass is 9.97. The Hall–Kier alpha value is -2.05. The predicted molar refractivity (Wildman–Crippen MR) is 88.9 cm³/mol. The highest BCUT2D eigenvalue weighted by molar-refractivity contribution is 6.32. The van der Waals surface area contributed by atoms with E-state index in [-0.39, 0.29) is 12.6 Å². The monoisotopic (exact) mass is 334 g/mol. The Morgan fingerprint density at radius 3 is 2.87 bits per heavy atom. The average Bonchev–Trinajstić information content (AvgIpc) is 3.24. The third-order valence-corrected chi connectivity index (χ3v) is 4.47. The van der Waals surface area contributed by atoms with Crippen LogP contribution in [0.4, 0.5) is 10.5 Å². The Bertz CT molecular complexity index is 700. The summed E-state index contributed by atoms with van der Waals surface area (Å²) in [5.74, 6) is 0.337. The molecule has 7 heteroatoms. The first-order valence-electron chi connectivity index (χ1n) is 7.51. The Labute approximate surface area is 139 Å². The molecule has 2 aromatic rings. The highest BCUT2D eigenvalue weighted by Crippen LogP contribution is 2.39. The topological polar surface area (TPSA) is 79.2 Å². The molecule has 6 nitrogen and oxygen atoms in total. The number of aliphatic hydroxyl groups is 1. The van der Waals surface area contributed by atoms with Crippen LogP contribution in [0.15, 0.2) is 36.7 Å². The number of carbonyl (C=O) groups is 1. The smallest absolute Gasteiger partial charge is 0.319 e. The van der Waals surface area contributed by atoms with E-state index in [2.05, 4.69) is 15.7 Å². The molecule has 1 aliphatic carbocycles. The maximum absolute atomic E-state index is 12.2. The second kappa shape index (κ2) is 6.22. The summed E-state index contributed by atoms with van der Waals surface area (Å²) in [6, 6.07) is 6.68. The fraction of sp³-hybridized carbons (Fsp3) is 0.375. The van der Waals surface area contributed by atoms with Crippen molar-refractivity contribution in [2.24, 2.45) is 5.92 Å². The van der Waals surface area contributed by atoms with Crippen molar-refractivity contribution in [1.29, 1.82) is 0 Å². The molecule has 2 amide bonds. The Morgan fingerprint density at radius 1 is 1.52 bits per heavy atom. The van der Waals surface area contributed by atoms with Gasteiger partial charge in [0.05, 0.1) is 22.9 Å². The number of rotatable bonds is 5. The molecule has 1 heterocycles. The molecule has 1 aromatic carbocycles. The molecule has 1 atom stereocenters. The third-order valence-electron chi connectivity index (χ3n) is 4.16. The summed E-state index contributed by atoms with van der Waals surface area (Å²) >= 11 is 6.25. The Morgan fingerprint density at radius 2 is 2.30 bits per heavy atom. The largest absolute Gasteiger partial charge is 0.394 e. The van der Waals surface area contributed by atoms with Crippen LogP contribution in [0.3, 0.4) is 0 Å². The molecule has 0 saturated heterocycles. The first-order valence-corrected chi connectivity index (χ1v) is 7.89. The molecule has 23 heavy (non-hydrogen) atoms. The average molecular weight is 335 g/mol. The summed E-state index contributed by atoms with van der Waals surface area (Å²) in [6.07, 6.45) is 5.52. The molecule has 0 spiro atoms. The maximum atomic E-state index is 12.2. The Kier molecular flexibility index (Phi) is 4.28. The number of nitrogens with zero attached hydrogens (tertiary/aromatic N) is 2. The summed E-state index contributed by atoms with van der Waals surface area (Å²) in [5.41, 5.74) is 0.739. The van der Waals surface area contributed by atoms with Crippen molar-refractivity contribution in [1.82, 2.24) is 15.1 Å². The lowest BCUT2D eigenvalue weighted by molar-refractivity contribution is 0.159. The first kappa shape index (κ1) is 15.8. The summed E-state index contributed by atoms with van der Waals surface area (Å²) in [7, 11) is 0. The lowest BCUT2D eigenvalue weighted by Gasteiger charge is -2.28. The molecule has 3 rings (SSSR count). The van der Waals surface area contributed by atoms with Gasteiger partial charge < -0.3 is 15.7 Å². The third kappa shape index (κ3) is 3.48. The van der Waals surface area contributed by atoms with Crippen LogP contribution >= 0.6 is 11.6 Å². The molecule has 1 aliphatic rings. The second-order valence-electron chi connectivity index (χ2n) is 6.05. The zero-order valence-corrected chi connectivity index (χ0v) is 13.5. The maximum Gasteiger partial charge on any atom is 0.319 e. The number of aromatic nitrogens is 2. The van der Waals surface area contributed by atoms with E-state index in [1.54, 1.807) is 35.3 Å². The number of amides is 2. The SMILES string of the molecule is CC(CO)(NC(=O)Nc1ccc(-n2cccn2)c(Cl)c1)C1CC1. The number of nitrogens with one attached hydrogen (secondary N) is 2. The first-order chi connectivity index (χ1) is 11.0. The fourth-order valence-corrected chi connectivity index (χ4v) is 2.86. The van der Waals surface area contributed by atoms with Gasteiger partial charge >= 0.3 is 6.03 Å². The number of halogens is 1. The summed E-state index contributed by atoms with van der Waals surface area (Å²) in [5, 5.41) is 19.7. The molecular weight excluding hydrogens is 316 g/mol.